The number of thiophene rings is 1. The summed E-state index contributed by atoms with van der Waals surface area (Å²) in [7, 11) is 0. The molecule has 2 rings (SSSR count). The number of aromatic nitrogens is 2. The van der Waals surface area contributed by atoms with Crippen LogP contribution >= 0.6 is 11.3 Å². The van der Waals surface area contributed by atoms with Crippen LogP contribution in [-0.2, 0) is 6.54 Å². The first-order valence-corrected chi connectivity index (χ1v) is 4.83. The zero-order chi connectivity index (χ0) is 8.93. The summed E-state index contributed by atoms with van der Waals surface area (Å²) in [5.74, 6) is 6.12. The van der Waals surface area contributed by atoms with Gasteiger partial charge in [0.2, 0.25) is 0 Å². The molecular formula is C10H8N2S. The maximum absolute atomic E-state index is 4.05. The molecule has 0 saturated carbocycles. The van der Waals surface area contributed by atoms with E-state index >= 15 is 0 Å². The lowest BCUT2D eigenvalue weighted by Gasteiger charge is -1.89. The van der Waals surface area contributed by atoms with Crippen molar-refractivity contribution in [2.45, 2.75) is 6.54 Å². The SMILES string of the molecule is C(#Cc1cccs1)Cn1cccn1. The molecule has 0 radical (unpaired) electrons. The minimum absolute atomic E-state index is 0.658. The Bertz CT molecular complexity index is 403. The molecule has 0 N–H and O–H groups in total. The van der Waals surface area contributed by atoms with Gasteiger partial charge in [-0.25, -0.2) is 0 Å². The van der Waals surface area contributed by atoms with Gasteiger partial charge in [-0.1, -0.05) is 17.9 Å². The molecule has 3 heteroatoms. The zero-order valence-corrected chi connectivity index (χ0v) is 7.79. The van der Waals surface area contributed by atoms with Crippen LogP contribution in [0.2, 0.25) is 0 Å². The fourth-order valence-electron chi connectivity index (χ4n) is 0.951. The third kappa shape index (κ3) is 2.20. The summed E-state index contributed by atoms with van der Waals surface area (Å²) in [5.41, 5.74) is 0. The normalized spacial score (nSPS) is 9.23. The van der Waals surface area contributed by atoms with Crippen molar-refractivity contribution in [2.75, 3.05) is 0 Å². The van der Waals surface area contributed by atoms with Gasteiger partial charge < -0.3 is 0 Å². The molecule has 0 amide bonds. The van der Waals surface area contributed by atoms with Gasteiger partial charge in [-0.2, -0.15) is 5.10 Å². The fourth-order valence-corrected chi connectivity index (χ4v) is 1.54. The first kappa shape index (κ1) is 8.09. The summed E-state index contributed by atoms with van der Waals surface area (Å²) in [5, 5.41) is 6.08. The summed E-state index contributed by atoms with van der Waals surface area (Å²) >= 11 is 1.66. The highest BCUT2D eigenvalue weighted by Crippen LogP contribution is 2.05. The van der Waals surface area contributed by atoms with Gasteiger partial charge in [0.25, 0.3) is 0 Å². The highest BCUT2D eigenvalue weighted by atomic mass is 32.1. The predicted molar refractivity (Wildman–Crippen MR) is 53.4 cm³/mol. The Morgan fingerprint density at radius 1 is 1.46 bits per heavy atom. The number of rotatable bonds is 1. The number of nitrogens with zero attached hydrogens (tertiary/aromatic N) is 2. The number of hydrogen-bond donors (Lipinski definition) is 0. The molecule has 2 nitrogen and oxygen atoms in total. The molecule has 0 aliphatic heterocycles. The van der Waals surface area contributed by atoms with Crippen molar-refractivity contribution in [3.8, 4) is 11.8 Å². The second-order valence-electron chi connectivity index (χ2n) is 2.48. The van der Waals surface area contributed by atoms with Gasteiger partial charge >= 0.3 is 0 Å². The lowest BCUT2D eigenvalue weighted by molar-refractivity contribution is 0.715. The molecule has 0 aliphatic carbocycles. The largest absolute Gasteiger partial charge is 0.261 e. The van der Waals surface area contributed by atoms with Crippen molar-refractivity contribution < 1.29 is 0 Å². The van der Waals surface area contributed by atoms with E-state index in [9.17, 15) is 0 Å². The average molecular weight is 188 g/mol. The summed E-state index contributed by atoms with van der Waals surface area (Å²) < 4.78 is 1.81. The predicted octanol–water partition coefficient (Wildman–Crippen LogP) is 2.00. The molecule has 0 aromatic carbocycles. The third-order valence-corrected chi connectivity index (χ3v) is 2.32. The molecule has 2 aromatic heterocycles. The van der Waals surface area contributed by atoms with Crippen molar-refractivity contribution in [2.24, 2.45) is 0 Å². The highest BCUT2D eigenvalue weighted by molar-refractivity contribution is 7.10. The summed E-state index contributed by atoms with van der Waals surface area (Å²) in [4.78, 5) is 1.10. The monoisotopic (exact) mass is 188 g/mol. The highest BCUT2D eigenvalue weighted by Gasteiger charge is 1.85. The van der Waals surface area contributed by atoms with Crippen LogP contribution in [0.1, 0.15) is 4.88 Å². The van der Waals surface area contributed by atoms with Gasteiger partial charge in [0.15, 0.2) is 0 Å². The lowest BCUT2D eigenvalue weighted by atomic mass is 10.4. The van der Waals surface area contributed by atoms with E-state index in [1.807, 2.05) is 29.8 Å². The van der Waals surface area contributed by atoms with Crippen LogP contribution in [0.4, 0.5) is 0 Å². The van der Waals surface area contributed by atoms with E-state index in [0.29, 0.717) is 6.54 Å². The molecule has 0 fully saturated rings. The molecule has 0 aliphatic rings. The zero-order valence-electron chi connectivity index (χ0n) is 6.97. The first-order chi connectivity index (χ1) is 6.45. The van der Waals surface area contributed by atoms with Gasteiger partial charge in [0, 0.05) is 12.4 Å². The molecule has 64 valence electrons. The van der Waals surface area contributed by atoms with Crippen LogP contribution in [0.3, 0.4) is 0 Å². The summed E-state index contributed by atoms with van der Waals surface area (Å²) in [6.07, 6.45) is 3.66. The Balaban J connectivity index is 1.99. The van der Waals surface area contributed by atoms with E-state index in [-0.39, 0.29) is 0 Å². The van der Waals surface area contributed by atoms with Crippen LogP contribution in [-0.4, -0.2) is 9.78 Å². The second-order valence-corrected chi connectivity index (χ2v) is 3.43. The second kappa shape index (κ2) is 3.92. The summed E-state index contributed by atoms with van der Waals surface area (Å²) in [6.45, 7) is 0.658. The van der Waals surface area contributed by atoms with Gasteiger partial charge in [-0.15, -0.1) is 11.3 Å². The smallest absolute Gasteiger partial charge is 0.102 e. The Morgan fingerprint density at radius 2 is 2.46 bits per heavy atom. The van der Waals surface area contributed by atoms with E-state index in [2.05, 4.69) is 16.9 Å². The molecule has 0 spiro atoms. The molecule has 2 aromatic rings. The topological polar surface area (TPSA) is 17.8 Å². The van der Waals surface area contributed by atoms with Crippen LogP contribution in [0.15, 0.2) is 36.0 Å². The number of hydrogen-bond acceptors (Lipinski definition) is 2. The third-order valence-electron chi connectivity index (χ3n) is 1.53. The maximum Gasteiger partial charge on any atom is 0.102 e. The first-order valence-electron chi connectivity index (χ1n) is 3.95. The maximum atomic E-state index is 4.05. The van der Waals surface area contributed by atoms with Gasteiger partial charge in [0.1, 0.15) is 6.54 Å². The molecule has 0 unspecified atom stereocenters. The summed E-state index contributed by atoms with van der Waals surface area (Å²) in [6, 6.07) is 5.91. The Morgan fingerprint density at radius 3 is 3.15 bits per heavy atom. The van der Waals surface area contributed by atoms with Crippen molar-refractivity contribution in [3.05, 3.63) is 40.8 Å². The van der Waals surface area contributed by atoms with E-state index in [1.165, 1.54) is 0 Å². The minimum atomic E-state index is 0.658. The molecule has 0 saturated heterocycles. The molecule has 0 atom stereocenters. The van der Waals surface area contributed by atoms with Crippen LogP contribution < -0.4 is 0 Å². The molecule has 0 bridgehead atoms. The van der Waals surface area contributed by atoms with Gasteiger partial charge in [0.05, 0.1) is 4.88 Å². The Labute approximate surface area is 80.8 Å². The molecular weight excluding hydrogens is 180 g/mol. The van der Waals surface area contributed by atoms with E-state index in [4.69, 9.17) is 0 Å². The van der Waals surface area contributed by atoms with Crippen LogP contribution in [0.25, 0.3) is 0 Å². The lowest BCUT2D eigenvalue weighted by Crippen LogP contribution is -1.94. The fraction of sp³-hybridized carbons (Fsp3) is 0.100. The minimum Gasteiger partial charge on any atom is -0.261 e. The Hall–Kier alpha value is -1.53. The van der Waals surface area contributed by atoms with Crippen molar-refractivity contribution in [1.29, 1.82) is 0 Å². The Kier molecular flexibility index (Phi) is 2.44. The van der Waals surface area contributed by atoms with Crippen molar-refractivity contribution in [3.63, 3.8) is 0 Å². The standard InChI is InChI=1S/C10H8N2S/c1(4-10-5-2-9-13-10)7-12-8-3-6-11-12/h2-3,5-6,8-9H,7H2. The molecule has 13 heavy (non-hydrogen) atoms. The van der Waals surface area contributed by atoms with E-state index in [1.54, 1.807) is 22.2 Å². The van der Waals surface area contributed by atoms with Crippen LogP contribution in [0, 0.1) is 11.8 Å². The average Bonchev–Trinajstić information content (AvgIpc) is 2.75. The van der Waals surface area contributed by atoms with E-state index in [0.717, 1.165) is 4.88 Å². The van der Waals surface area contributed by atoms with Gasteiger partial charge in [-0.05, 0) is 17.5 Å². The van der Waals surface area contributed by atoms with Gasteiger partial charge in [-0.3, -0.25) is 4.68 Å². The quantitative estimate of drug-likeness (QED) is 0.626. The van der Waals surface area contributed by atoms with Crippen molar-refractivity contribution in [1.82, 2.24) is 9.78 Å². The molecule has 2 heterocycles. The van der Waals surface area contributed by atoms with Crippen LogP contribution in [0.5, 0.6) is 0 Å². The van der Waals surface area contributed by atoms with Crippen molar-refractivity contribution >= 4 is 11.3 Å². The van der Waals surface area contributed by atoms with E-state index < -0.39 is 0 Å².